The van der Waals surface area contributed by atoms with Gasteiger partial charge >= 0.3 is 0 Å². The van der Waals surface area contributed by atoms with Crippen LogP contribution in [0.25, 0.3) is 10.9 Å². The Morgan fingerprint density at radius 2 is 2.30 bits per heavy atom. The maximum atomic E-state index is 12.1. The van der Waals surface area contributed by atoms with E-state index in [4.69, 9.17) is 0 Å². The molecule has 20 heavy (non-hydrogen) atoms. The van der Waals surface area contributed by atoms with Gasteiger partial charge < -0.3 is 10.6 Å². The molecule has 0 bridgehead atoms. The molecule has 5 nitrogen and oxygen atoms in total. The molecule has 0 aliphatic carbocycles. The summed E-state index contributed by atoms with van der Waals surface area (Å²) in [5.74, 6) is -0.279. The Kier molecular flexibility index (Phi) is 3.40. The van der Waals surface area contributed by atoms with Crippen molar-refractivity contribution >= 4 is 44.3 Å². The largest absolute Gasteiger partial charge is 0.344 e. The highest BCUT2D eigenvalue weighted by molar-refractivity contribution is 9.10. The molecule has 2 heterocycles. The number of fused-ring (bicyclic) bond motifs is 1. The first kappa shape index (κ1) is 13.1. The number of amides is 2. The second kappa shape index (κ2) is 5.20. The van der Waals surface area contributed by atoms with Gasteiger partial charge in [0.05, 0.1) is 11.2 Å². The molecule has 1 aliphatic heterocycles. The zero-order valence-corrected chi connectivity index (χ0v) is 12.1. The number of pyridine rings is 1. The molecule has 0 spiro atoms. The lowest BCUT2D eigenvalue weighted by Crippen LogP contribution is -2.37. The quantitative estimate of drug-likeness (QED) is 0.885. The maximum Gasteiger partial charge on any atom is 0.247 e. The normalized spacial score (nSPS) is 18.1. The summed E-state index contributed by atoms with van der Waals surface area (Å²) in [6.45, 7) is 0. The molecule has 0 saturated carbocycles. The van der Waals surface area contributed by atoms with Gasteiger partial charge in [-0.05, 0) is 34.5 Å². The Balaban J connectivity index is 1.87. The molecule has 1 aliphatic rings. The highest BCUT2D eigenvalue weighted by atomic mass is 79.9. The van der Waals surface area contributed by atoms with Gasteiger partial charge in [-0.2, -0.15) is 0 Å². The molecule has 2 aromatic rings. The van der Waals surface area contributed by atoms with Gasteiger partial charge in [-0.25, -0.2) is 0 Å². The molecular formula is C14H12BrN3O2. The van der Waals surface area contributed by atoms with Crippen LogP contribution < -0.4 is 10.6 Å². The third-order valence-electron chi connectivity index (χ3n) is 3.25. The lowest BCUT2D eigenvalue weighted by Gasteiger charge is -2.12. The van der Waals surface area contributed by atoms with Crippen molar-refractivity contribution < 1.29 is 9.59 Å². The summed E-state index contributed by atoms with van der Waals surface area (Å²) in [6.07, 6.45) is 2.63. The predicted octanol–water partition coefficient (Wildman–Crippen LogP) is 2.21. The lowest BCUT2D eigenvalue weighted by molar-refractivity contribution is -0.122. The van der Waals surface area contributed by atoms with E-state index < -0.39 is 6.04 Å². The van der Waals surface area contributed by atoms with E-state index in [1.807, 2.05) is 18.2 Å². The molecule has 1 unspecified atom stereocenters. The molecule has 2 amide bonds. The standard InChI is InChI=1S/C14H12BrN3O2/c15-9-6-8-2-1-3-10(13(8)16-7-9)18-14(20)11-4-5-12(19)17-11/h1-3,6-7,11H,4-5H2,(H,17,19)(H,18,20). The summed E-state index contributed by atoms with van der Waals surface area (Å²) in [5.41, 5.74) is 1.38. The van der Waals surface area contributed by atoms with Crippen molar-refractivity contribution in [1.29, 1.82) is 0 Å². The van der Waals surface area contributed by atoms with Crippen LogP contribution in [-0.4, -0.2) is 22.8 Å². The predicted molar refractivity (Wildman–Crippen MR) is 79.2 cm³/mol. The van der Waals surface area contributed by atoms with Crippen LogP contribution in [0.4, 0.5) is 5.69 Å². The van der Waals surface area contributed by atoms with Gasteiger partial charge in [0.15, 0.2) is 0 Å². The minimum atomic E-state index is -0.451. The fraction of sp³-hybridized carbons (Fsp3) is 0.214. The van der Waals surface area contributed by atoms with E-state index in [0.29, 0.717) is 18.5 Å². The van der Waals surface area contributed by atoms with Gasteiger partial charge in [0.1, 0.15) is 6.04 Å². The number of para-hydroxylation sites is 1. The van der Waals surface area contributed by atoms with Crippen LogP contribution in [0.15, 0.2) is 34.9 Å². The van der Waals surface area contributed by atoms with Crippen molar-refractivity contribution in [2.24, 2.45) is 0 Å². The number of rotatable bonds is 2. The van der Waals surface area contributed by atoms with Gasteiger partial charge in [-0.3, -0.25) is 14.6 Å². The summed E-state index contributed by atoms with van der Waals surface area (Å²) in [4.78, 5) is 27.6. The molecule has 3 rings (SSSR count). The second-order valence-corrected chi connectivity index (χ2v) is 5.59. The first-order valence-electron chi connectivity index (χ1n) is 6.28. The molecule has 2 N–H and O–H groups in total. The highest BCUT2D eigenvalue weighted by Gasteiger charge is 2.27. The number of nitrogens with one attached hydrogen (secondary N) is 2. The zero-order valence-electron chi connectivity index (χ0n) is 10.5. The summed E-state index contributed by atoms with van der Waals surface area (Å²) >= 11 is 3.37. The summed E-state index contributed by atoms with van der Waals surface area (Å²) in [6, 6.07) is 7.08. The van der Waals surface area contributed by atoms with Crippen LogP contribution in [0, 0.1) is 0 Å². The van der Waals surface area contributed by atoms with Gasteiger partial charge in [-0.1, -0.05) is 12.1 Å². The van der Waals surface area contributed by atoms with Crippen LogP contribution in [-0.2, 0) is 9.59 Å². The molecule has 0 radical (unpaired) electrons. The van der Waals surface area contributed by atoms with Crippen molar-refractivity contribution in [1.82, 2.24) is 10.3 Å². The van der Waals surface area contributed by atoms with Gasteiger partial charge in [-0.15, -0.1) is 0 Å². The molecule has 1 atom stereocenters. The molecule has 1 aromatic heterocycles. The number of nitrogens with zero attached hydrogens (tertiary/aromatic N) is 1. The van der Waals surface area contributed by atoms with Gasteiger partial charge in [0.25, 0.3) is 0 Å². The molecular weight excluding hydrogens is 322 g/mol. The summed E-state index contributed by atoms with van der Waals surface area (Å²) in [5, 5.41) is 6.43. The number of hydrogen-bond acceptors (Lipinski definition) is 3. The van der Waals surface area contributed by atoms with Crippen LogP contribution in [0.2, 0.25) is 0 Å². The fourth-order valence-corrected chi connectivity index (χ4v) is 2.61. The third-order valence-corrected chi connectivity index (χ3v) is 3.68. The Labute approximate surface area is 123 Å². The molecule has 1 aromatic carbocycles. The molecule has 1 saturated heterocycles. The van der Waals surface area contributed by atoms with Crippen LogP contribution in [0.3, 0.4) is 0 Å². The van der Waals surface area contributed by atoms with E-state index in [1.54, 1.807) is 12.3 Å². The topological polar surface area (TPSA) is 71.1 Å². The number of anilines is 1. The van der Waals surface area contributed by atoms with Crippen molar-refractivity contribution in [2.75, 3.05) is 5.32 Å². The maximum absolute atomic E-state index is 12.1. The van der Waals surface area contributed by atoms with E-state index in [1.165, 1.54) is 0 Å². The Bertz CT molecular complexity index is 702. The first-order valence-corrected chi connectivity index (χ1v) is 7.07. The van der Waals surface area contributed by atoms with Gasteiger partial charge in [0.2, 0.25) is 11.8 Å². The number of benzene rings is 1. The van der Waals surface area contributed by atoms with Crippen molar-refractivity contribution in [3.05, 3.63) is 34.9 Å². The zero-order chi connectivity index (χ0) is 14.1. The fourth-order valence-electron chi connectivity index (χ4n) is 2.27. The minimum absolute atomic E-state index is 0.0786. The van der Waals surface area contributed by atoms with E-state index in [9.17, 15) is 9.59 Å². The Morgan fingerprint density at radius 1 is 1.45 bits per heavy atom. The van der Waals surface area contributed by atoms with Crippen molar-refractivity contribution in [3.63, 3.8) is 0 Å². The van der Waals surface area contributed by atoms with Crippen LogP contribution >= 0.6 is 15.9 Å². The Morgan fingerprint density at radius 3 is 3.05 bits per heavy atom. The molecule has 102 valence electrons. The third kappa shape index (κ3) is 2.51. The highest BCUT2D eigenvalue weighted by Crippen LogP contribution is 2.24. The molecule has 1 fully saturated rings. The van der Waals surface area contributed by atoms with E-state index >= 15 is 0 Å². The van der Waals surface area contributed by atoms with E-state index in [0.717, 1.165) is 15.4 Å². The average Bonchev–Trinajstić information content (AvgIpc) is 2.85. The number of aromatic nitrogens is 1. The smallest absolute Gasteiger partial charge is 0.247 e. The average molecular weight is 334 g/mol. The first-order chi connectivity index (χ1) is 9.63. The minimum Gasteiger partial charge on any atom is -0.344 e. The number of hydrogen-bond donors (Lipinski definition) is 2. The monoisotopic (exact) mass is 333 g/mol. The number of carbonyl (C=O) groups is 2. The lowest BCUT2D eigenvalue weighted by atomic mass is 10.1. The Hall–Kier alpha value is -1.95. The van der Waals surface area contributed by atoms with Crippen molar-refractivity contribution in [3.8, 4) is 0 Å². The van der Waals surface area contributed by atoms with Crippen LogP contribution in [0.1, 0.15) is 12.8 Å². The van der Waals surface area contributed by atoms with Gasteiger partial charge in [0, 0.05) is 22.5 Å². The van der Waals surface area contributed by atoms with E-state index in [2.05, 4.69) is 31.5 Å². The summed E-state index contributed by atoms with van der Waals surface area (Å²) < 4.78 is 0.886. The second-order valence-electron chi connectivity index (χ2n) is 4.68. The molecule has 6 heteroatoms. The SMILES string of the molecule is O=C1CCC(C(=O)Nc2cccc3cc(Br)cnc23)N1. The summed E-state index contributed by atoms with van der Waals surface area (Å²) in [7, 11) is 0. The van der Waals surface area contributed by atoms with Crippen LogP contribution in [0.5, 0.6) is 0 Å². The van der Waals surface area contributed by atoms with E-state index in [-0.39, 0.29) is 11.8 Å². The number of carbonyl (C=O) groups excluding carboxylic acids is 2. The number of halogens is 1. The van der Waals surface area contributed by atoms with Crippen molar-refractivity contribution in [2.45, 2.75) is 18.9 Å².